The van der Waals surface area contributed by atoms with E-state index >= 15 is 0 Å². The lowest BCUT2D eigenvalue weighted by Crippen LogP contribution is -2.13. The van der Waals surface area contributed by atoms with Crippen LogP contribution in [0.4, 0.5) is 14.5 Å². The maximum Gasteiger partial charge on any atom is 0.255 e. The first-order valence-electron chi connectivity index (χ1n) is 8.25. The van der Waals surface area contributed by atoms with Crippen molar-refractivity contribution in [2.24, 2.45) is 0 Å². The van der Waals surface area contributed by atoms with Gasteiger partial charge in [-0.3, -0.25) is 9.59 Å². The Morgan fingerprint density at radius 2 is 1.68 bits per heavy atom. The highest BCUT2D eigenvalue weighted by molar-refractivity contribution is 7.16. The molecule has 4 aromatic rings. The molecule has 0 aliphatic heterocycles. The Labute approximate surface area is 162 Å². The molecule has 0 fully saturated rings. The van der Waals surface area contributed by atoms with E-state index in [9.17, 15) is 18.4 Å². The van der Waals surface area contributed by atoms with Gasteiger partial charge in [-0.1, -0.05) is 6.07 Å². The molecule has 0 spiro atoms. The van der Waals surface area contributed by atoms with Crippen LogP contribution in [0.5, 0.6) is 0 Å². The number of hydrogen-bond acceptors (Lipinski definition) is 4. The van der Waals surface area contributed by atoms with Crippen molar-refractivity contribution >= 4 is 38.9 Å². The molecule has 4 nitrogen and oxygen atoms in total. The van der Waals surface area contributed by atoms with Crippen LogP contribution in [-0.2, 0) is 0 Å². The number of anilines is 1. The predicted octanol–water partition coefficient (Wildman–Crippen LogP) is 5.06. The average Bonchev–Trinajstić information content (AvgIpc) is 3.14. The fourth-order valence-electron chi connectivity index (χ4n) is 2.79. The zero-order valence-electron chi connectivity index (χ0n) is 14.3. The molecule has 0 atom stereocenters. The number of nitrogens with one attached hydrogen (secondary N) is 1. The van der Waals surface area contributed by atoms with Crippen LogP contribution in [0.1, 0.15) is 26.3 Å². The third-order valence-electron chi connectivity index (χ3n) is 4.10. The van der Waals surface area contributed by atoms with Gasteiger partial charge >= 0.3 is 0 Å². The zero-order chi connectivity index (χ0) is 19.7. The lowest BCUT2D eigenvalue weighted by Gasteiger charge is -2.08. The number of amides is 1. The number of rotatable bonds is 4. The van der Waals surface area contributed by atoms with E-state index in [1.807, 2.05) is 0 Å². The van der Waals surface area contributed by atoms with Gasteiger partial charge in [-0.25, -0.2) is 13.8 Å². The van der Waals surface area contributed by atoms with E-state index in [-0.39, 0.29) is 22.6 Å². The van der Waals surface area contributed by atoms with Crippen LogP contribution in [-0.4, -0.2) is 16.7 Å². The number of carbonyl (C=O) groups excluding carboxylic acids is 2. The molecule has 3 aromatic carbocycles. The van der Waals surface area contributed by atoms with Crippen molar-refractivity contribution in [1.29, 1.82) is 0 Å². The van der Waals surface area contributed by atoms with Crippen molar-refractivity contribution in [1.82, 2.24) is 4.98 Å². The molecule has 0 radical (unpaired) electrons. The molecule has 0 aliphatic carbocycles. The Hall–Kier alpha value is -3.45. The van der Waals surface area contributed by atoms with Gasteiger partial charge in [0.2, 0.25) is 0 Å². The SMILES string of the molecule is O=C(Nc1cc(F)cc(C(=O)c2ccc3ncsc3c2)c1)c1cccc(F)c1. The fourth-order valence-corrected chi connectivity index (χ4v) is 3.51. The number of carbonyl (C=O) groups is 2. The summed E-state index contributed by atoms with van der Waals surface area (Å²) in [5.41, 5.74) is 3.15. The largest absolute Gasteiger partial charge is 0.322 e. The van der Waals surface area contributed by atoms with Gasteiger partial charge in [0.15, 0.2) is 5.78 Å². The van der Waals surface area contributed by atoms with Crippen LogP contribution >= 0.6 is 11.3 Å². The van der Waals surface area contributed by atoms with Gasteiger partial charge in [0, 0.05) is 22.4 Å². The van der Waals surface area contributed by atoms with Gasteiger partial charge in [0.25, 0.3) is 5.91 Å². The van der Waals surface area contributed by atoms with Crippen molar-refractivity contribution in [2.75, 3.05) is 5.32 Å². The van der Waals surface area contributed by atoms with Crippen molar-refractivity contribution in [2.45, 2.75) is 0 Å². The topological polar surface area (TPSA) is 59.1 Å². The summed E-state index contributed by atoms with van der Waals surface area (Å²) < 4.78 is 28.2. The monoisotopic (exact) mass is 394 g/mol. The van der Waals surface area contributed by atoms with Gasteiger partial charge in [-0.05, 0) is 54.6 Å². The van der Waals surface area contributed by atoms with Gasteiger partial charge in [-0.2, -0.15) is 0 Å². The smallest absolute Gasteiger partial charge is 0.255 e. The number of aromatic nitrogens is 1. The minimum Gasteiger partial charge on any atom is -0.322 e. The molecule has 7 heteroatoms. The van der Waals surface area contributed by atoms with Crippen LogP contribution in [0, 0.1) is 11.6 Å². The van der Waals surface area contributed by atoms with Crippen LogP contribution in [0.3, 0.4) is 0 Å². The lowest BCUT2D eigenvalue weighted by atomic mass is 10.0. The van der Waals surface area contributed by atoms with Gasteiger partial charge in [0.05, 0.1) is 15.7 Å². The summed E-state index contributed by atoms with van der Waals surface area (Å²) in [7, 11) is 0. The van der Waals surface area contributed by atoms with E-state index in [1.165, 1.54) is 35.6 Å². The van der Waals surface area contributed by atoms with E-state index < -0.39 is 17.5 Å². The summed E-state index contributed by atoms with van der Waals surface area (Å²) in [6, 6.07) is 13.8. The first-order valence-corrected chi connectivity index (χ1v) is 9.13. The van der Waals surface area contributed by atoms with E-state index in [0.717, 1.165) is 28.4 Å². The Balaban J connectivity index is 1.62. The number of thiazole rings is 1. The predicted molar refractivity (Wildman–Crippen MR) is 104 cm³/mol. The molecule has 0 unspecified atom stereocenters. The highest BCUT2D eigenvalue weighted by Gasteiger charge is 2.14. The van der Waals surface area contributed by atoms with E-state index in [0.29, 0.717) is 5.56 Å². The summed E-state index contributed by atoms with van der Waals surface area (Å²) in [6.45, 7) is 0. The standard InChI is InChI=1S/C21H12F2N2O2S/c22-15-3-1-2-13(6-15)21(27)25-17-8-14(7-16(23)10-17)20(26)12-4-5-18-19(9-12)28-11-24-18/h1-11H,(H,25,27). The highest BCUT2D eigenvalue weighted by Crippen LogP contribution is 2.23. The molecule has 0 saturated carbocycles. The molecule has 1 amide bonds. The normalized spacial score (nSPS) is 10.8. The molecule has 0 saturated heterocycles. The Bertz CT molecular complexity index is 1220. The molecule has 1 aromatic heterocycles. The summed E-state index contributed by atoms with van der Waals surface area (Å²) >= 11 is 1.40. The third-order valence-corrected chi connectivity index (χ3v) is 4.89. The second kappa shape index (κ2) is 7.28. The maximum atomic E-state index is 14.1. The number of benzene rings is 3. The molecule has 138 valence electrons. The highest BCUT2D eigenvalue weighted by atomic mass is 32.1. The minimum absolute atomic E-state index is 0.0905. The minimum atomic E-state index is -0.667. The van der Waals surface area contributed by atoms with Crippen molar-refractivity contribution in [3.05, 3.63) is 94.5 Å². The van der Waals surface area contributed by atoms with Crippen molar-refractivity contribution in [3.63, 3.8) is 0 Å². The second-order valence-corrected chi connectivity index (χ2v) is 6.94. The average molecular weight is 394 g/mol. The van der Waals surface area contributed by atoms with E-state index in [4.69, 9.17) is 0 Å². The number of ketones is 1. The molecular formula is C21H12F2N2O2S. The van der Waals surface area contributed by atoms with Crippen molar-refractivity contribution in [3.8, 4) is 0 Å². The number of hydrogen-bond donors (Lipinski definition) is 1. The Morgan fingerprint density at radius 3 is 2.50 bits per heavy atom. The summed E-state index contributed by atoms with van der Waals surface area (Å²) in [5, 5.41) is 2.49. The first kappa shape index (κ1) is 17.9. The molecule has 1 heterocycles. The zero-order valence-corrected chi connectivity index (χ0v) is 15.1. The maximum absolute atomic E-state index is 14.1. The number of halogens is 2. The van der Waals surface area contributed by atoms with Crippen LogP contribution < -0.4 is 5.32 Å². The van der Waals surface area contributed by atoms with E-state index in [2.05, 4.69) is 10.3 Å². The van der Waals surface area contributed by atoms with Crippen LogP contribution in [0.25, 0.3) is 10.2 Å². The molecule has 0 aliphatic rings. The molecule has 4 rings (SSSR count). The summed E-state index contributed by atoms with van der Waals surface area (Å²) in [5.74, 6) is -2.20. The Morgan fingerprint density at radius 1 is 0.857 bits per heavy atom. The quantitative estimate of drug-likeness (QED) is 0.492. The number of nitrogens with zero attached hydrogens (tertiary/aromatic N) is 1. The summed E-state index contributed by atoms with van der Waals surface area (Å²) in [6.07, 6.45) is 0. The fraction of sp³-hybridized carbons (Fsp3) is 0. The molecule has 28 heavy (non-hydrogen) atoms. The first-order chi connectivity index (χ1) is 13.5. The number of fused-ring (bicyclic) bond motifs is 1. The Kier molecular flexibility index (Phi) is 4.67. The van der Waals surface area contributed by atoms with Gasteiger partial charge < -0.3 is 5.32 Å². The van der Waals surface area contributed by atoms with Crippen LogP contribution in [0.2, 0.25) is 0 Å². The van der Waals surface area contributed by atoms with Crippen molar-refractivity contribution < 1.29 is 18.4 Å². The lowest BCUT2D eigenvalue weighted by molar-refractivity contribution is 0.102. The second-order valence-electron chi connectivity index (χ2n) is 6.06. The summed E-state index contributed by atoms with van der Waals surface area (Å²) in [4.78, 5) is 29.2. The van der Waals surface area contributed by atoms with Gasteiger partial charge in [0.1, 0.15) is 11.6 Å². The third kappa shape index (κ3) is 3.65. The molecular weight excluding hydrogens is 382 g/mol. The van der Waals surface area contributed by atoms with Gasteiger partial charge in [-0.15, -0.1) is 11.3 Å². The van der Waals surface area contributed by atoms with E-state index in [1.54, 1.807) is 23.7 Å². The van der Waals surface area contributed by atoms with Crippen LogP contribution in [0.15, 0.2) is 66.2 Å². The molecule has 0 bridgehead atoms. The molecule has 1 N–H and O–H groups in total.